The number of benzene rings is 1. The summed E-state index contributed by atoms with van der Waals surface area (Å²) in [5, 5.41) is 0. The molecule has 2 atom stereocenters. The molecule has 2 rings (SSSR count). The Labute approximate surface area is 108 Å². The molecule has 1 aliphatic carbocycles. The predicted molar refractivity (Wildman–Crippen MR) is 70.3 cm³/mol. The summed E-state index contributed by atoms with van der Waals surface area (Å²) in [5.41, 5.74) is 5.80. The van der Waals surface area contributed by atoms with E-state index in [1.807, 2.05) is 6.92 Å². The highest BCUT2D eigenvalue weighted by Crippen LogP contribution is 2.31. The highest BCUT2D eigenvalue weighted by Gasteiger charge is 2.36. The van der Waals surface area contributed by atoms with Crippen molar-refractivity contribution in [3.05, 3.63) is 29.8 Å². The molecule has 1 saturated carbocycles. The average molecular weight is 264 g/mol. The van der Waals surface area contributed by atoms with Crippen LogP contribution in [0.2, 0.25) is 0 Å². The molecule has 5 heteroatoms. The second-order valence-corrected chi connectivity index (χ2v) is 6.13. The fourth-order valence-electron chi connectivity index (χ4n) is 1.70. The van der Waals surface area contributed by atoms with E-state index in [4.69, 9.17) is 5.73 Å². The van der Waals surface area contributed by atoms with E-state index >= 15 is 0 Å². The van der Waals surface area contributed by atoms with Gasteiger partial charge in [0.05, 0.1) is 11.4 Å². The minimum Gasteiger partial charge on any atom is -0.320 e. The van der Waals surface area contributed by atoms with Gasteiger partial charge in [-0.3, -0.25) is 0 Å². The maximum absolute atomic E-state index is 12.2. The minimum absolute atomic E-state index is 0.0607. The zero-order valence-corrected chi connectivity index (χ0v) is 11.0. The van der Waals surface area contributed by atoms with Crippen molar-refractivity contribution in [3.63, 3.8) is 0 Å². The molecule has 0 aromatic heterocycles. The van der Waals surface area contributed by atoms with Gasteiger partial charge in [-0.15, -0.1) is 0 Å². The lowest BCUT2D eigenvalue weighted by molar-refractivity contribution is 0.578. The van der Waals surface area contributed by atoms with Crippen LogP contribution >= 0.6 is 0 Å². The van der Waals surface area contributed by atoms with Crippen LogP contribution in [0, 0.1) is 17.8 Å². The van der Waals surface area contributed by atoms with Crippen LogP contribution in [0.25, 0.3) is 0 Å². The van der Waals surface area contributed by atoms with Crippen LogP contribution in [-0.2, 0) is 10.0 Å². The number of rotatable bonds is 3. The summed E-state index contributed by atoms with van der Waals surface area (Å²) >= 11 is 0. The standard InChI is InChI=1S/C13H16N2O2S/c1-10-9-12(10)15-18(16,17)13-7-3-2-5-11(13)6-4-8-14/h2-3,5,7,10,12,15H,8-9,14H2,1H3. The lowest BCUT2D eigenvalue weighted by Gasteiger charge is -2.07. The quantitative estimate of drug-likeness (QED) is 0.789. The molecule has 0 aliphatic heterocycles. The fourth-order valence-corrected chi connectivity index (χ4v) is 3.22. The van der Waals surface area contributed by atoms with Crippen LogP contribution in [0.4, 0.5) is 0 Å². The average Bonchev–Trinajstić information content (AvgIpc) is 3.01. The van der Waals surface area contributed by atoms with Gasteiger partial charge in [0, 0.05) is 11.6 Å². The van der Waals surface area contributed by atoms with Gasteiger partial charge in [0.1, 0.15) is 0 Å². The van der Waals surface area contributed by atoms with E-state index in [0.29, 0.717) is 11.5 Å². The van der Waals surface area contributed by atoms with Crippen molar-refractivity contribution in [1.82, 2.24) is 4.72 Å². The topological polar surface area (TPSA) is 72.2 Å². The maximum atomic E-state index is 12.2. The van der Waals surface area contributed by atoms with Crippen LogP contribution in [0.1, 0.15) is 18.9 Å². The molecule has 1 fully saturated rings. The highest BCUT2D eigenvalue weighted by atomic mass is 32.2. The number of sulfonamides is 1. The normalized spacial score (nSPS) is 22.1. The van der Waals surface area contributed by atoms with Gasteiger partial charge in [0.25, 0.3) is 0 Å². The first-order chi connectivity index (χ1) is 8.54. The number of hydrogen-bond acceptors (Lipinski definition) is 3. The Balaban J connectivity index is 2.31. The molecule has 0 bridgehead atoms. The Morgan fingerprint density at radius 3 is 2.72 bits per heavy atom. The molecule has 0 heterocycles. The van der Waals surface area contributed by atoms with Gasteiger partial charge in [-0.05, 0) is 24.5 Å². The molecule has 1 aromatic carbocycles. The van der Waals surface area contributed by atoms with Gasteiger partial charge >= 0.3 is 0 Å². The molecule has 0 radical (unpaired) electrons. The third-order valence-electron chi connectivity index (χ3n) is 2.92. The molecular formula is C13H16N2O2S. The predicted octanol–water partition coefficient (Wildman–Crippen LogP) is 0.684. The number of nitrogens with one attached hydrogen (secondary N) is 1. The Morgan fingerprint density at radius 1 is 1.44 bits per heavy atom. The lowest BCUT2D eigenvalue weighted by atomic mass is 10.2. The van der Waals surface area contributed by atoms with E-state index in [0.717, 1.165) is 6.42 Å². The van der Waals surface area contributed by atoms with Crippen molar-refractivity contribution >= 4 is 10.0 Å². The summed E-state index contributed by atoms with van der Waals surface area (Å²) in [6, 6.07) is 6.77. The minimum atomic E-state index is -3.48. The summed E-state index contributed by atoms with van der Waals surface area (Å²) in [5.74, 6) is 5.89. The van der Waals surface area contributed by atoms with Crippen LogP contribution in [0.3, 0.4) is 0 Å². The molecular weight excluding hydrogens is 248 g/mol. The van der Waals surface area contributed by atoms with Crippen LogP contribution in [-0.4, -0.2) is 21.0 Å². The highest BCUT2D eigenvalue weighted by molar-refractivity contribution is 7.89. The van der Waals surface area contributed by atoms with E-state index in [9.17, 15) is 8.42 Å². The largest absolute Gasteiger partial charge is 0.320 e. The van der Waals surface area contributed by atoms with Crippen molar-refractivity contribution < 1.29 is 8.42 Å². The van der Waals surface area contributed by atoms with Gasteiger partial charge in [-0.25, -0.2) is 13.1 Å². The van der Waals surface area contributed by atoms with Gasteiger partial charge in [0.2, 0.25) is 10.0 Å². The van der Waals surface area contributed by atoms with Crippen LogP contribution in [0.15, 0.2) is 29.2 Å². The fraction of sp³-hybridized carbons (Fsp3) is 0.385. The first-order valence-corrected chi connectivity index (χ1v) is 7.33. The van der Waals surface area contributed by atoms with Crippen molar-refractivity contribution in [2.45, 2.75) is 24.3 Å². The van der Waals surface area contributed by atoms with Crippen molar-refractivity contribution in [1.29, 1.82) is 0 Å². The summed E-state index contributed by atoms with van der Waals surface area (Å²) in [7, 11) is -3.48. The van der Waals surface area contributed by atoms with Crippen molar-refractivity contribution in [2.75, 3.05) is 6.54 Å². The van der Waals surface area contributed by atoms with Gasteiger partial charge in [-0.2, -0.15) is 0 Å². The SMILES string of the molecule is CC1CC1NS(=O)(=O)c1ccccc1C#CCN. The second kappa shape index (κ2) is 5.11. The first-order valence-electron chi connectivity index (χ1n) is 5.85. The Bertz CT molecular complexity index is 599. The molecule has 1 aliphatic rings. The molecule has 0 spiro atoms. The van der Waals surface area contributed by atoms with Crippen LogP contribution in [0.5, 0.6) is 0 Å². The number of hydrogen-bond donors (Lipinski definition) is 2. The van der Waals surface area contributed by atoms with E-state index in [1.54, 1.807) is 24.3 Å². The molecule has 0 saturated heterocycles. The Hall–Kier alpha value is -1.35. The zero-order valence-electron chi connectivity index (χ0n) is 10.2. The first kappa shape index (κ1) is 13.1. The maximum Gasteiger partial charge on any atom is 0.242 e. The molecule has 0 amide bonds. The van der Waals surface area contributed by atoms with E-state index in [2.05, 4.69) is 16.6 Å². The summed E-state index contributed by atoms with van der Waals surface area (Å²) < 4.78 is 27.1. The van der Waals surface area contributed by atoms with Gasteiger partial charge in [0.15, 0.2) is 0 Å². The van der Waals surface area contributed by atoms with E-state index in [1.165, 1.54) is 0 Å². The Kier molecular flexibility index (Phi) is 3.71. The molecule has 3 N–H and O–H groups in total. The third-order valence-corrected chi connectivity index (χ3v) is 4.47. The zero-order chi connectivity index (χ0) is 13.2. The molecule has 4 nitrogen and oxygen atoms in total. The second-order valence-electron chi connectivity index (χ2n) is 4.44. The van der Waals surface area contributed by atoms with Crippen molar-refractivity contribution in [3.8, 4) is 11.8 Å². The summed E-state index contributed by atoms with van der Waals surface area (Å²) in [6.07, 6.45) is 0.899. The third kappa shape index (κ3) is 2.91. The molecule has 96 valence electrons. The molecule has 2 unspecified atom stereocenters. The van der Waals surface area contributed by atoms with Gasteiger partial charge in [-0.1, -0.05) is 30.9 Å². The van der Waals surface area contributed by atoms with Gasteiger partial charge < -0.3 is 5.73 Å². The number of nitrogens with two attached hydrogens (primary N) is 1. The van der Waals surface area contributed by atoms with E-state index < -0.39 is 10.0 Å². The van der Waals surface area contributed by atoms with E-state index in [-0.39, 0.29) is 17.5 Å². The molecule has 18 heavy (non-hydrogen) atoms. The summed E-state index contributed by atoms with van der Waals surface area (Å²) in [6.45, 7) is 2.23. The lowest BCUT2D eigenvalue weighted by Crippen LogP contribution is -2.27. The smallest absolute Gasteiger partial charge is 0.242 e. The van der Waals surface area contributed by atoms with Crippen LogP contribution < -0.4 is 10.5 Å². The summed E-state index contributed by atoms with van der Waals surface area (Å²) in [4.78, 5) is 0.227. The van der Waals surface area contributed by atoms with Crippen molar-refractivity contribution in [2.24, 2.45) is 11.7 Å². The monoisotopic (exact) mass is 264 g/mol. The Morgan fingerprint density at radius 2 is 2.11 bits per heavy atom. The molecule has 1 aromatic rings.